The number of hydrogen-bond donors (Lipinski definition) is 2. The van der Waals surface area contributed by atoms with Gasteiger partial charge in [-0.05, 0) is 43.2 Å². The van der Waals surface area contributed by atoms with Crippen LogP contribution in [0.4, 0.5) is 0 Å². The van der Waals surface area contributed by atoms with Gasteiger partial charge in [-0.25, -0.2) is 4.99 Å². The number of aryl methyl sites for hydroxylation is 1. The van der Waals surface area contributed by atoms with E-state index >= 15 is 0 Å². The lowest BCUT2D eigenvalue weighted by Gasteiger charge is -2.13. The van der Waals surface area contributed by atoms with Gasteiger partial charge in [0.25, 0.3) is 0 Å². The van der Waals surface area contributed by atoms with Crippen LogP contribution < -0.4 is 20.1 Å². The summed E-state index contributed by atoms with van der Waals surface area (Å²) in [4.78, 5) is 4.70. The number of thioether (sulfide) groups is 1. The Morgan fingerprint density at radius 1 is 1.16 bits per heavy atom. The average molecular weight is 577 g/mol. The molecular weight excluding hydrogens is 539 g/mol. The van der Waals surface area contributed by atoms with Crippen molar-refractivity contribution in [1.29, 1.82) is 0 Å². The second-order valence-electron chi connectivity index (χ2n) is 7.52. The molecule has 0 atom stereocenters. The van der Waals surface area contributed by atoms with Crippen molar-refractivity contribution in [3.63, 3.8) is 0 Å². The number of nitrogens with zero attached hydrogens (tertiary/aromatic N) is 4. The summed E-state index contributed by atoms with van der Waals surface area (Å²) in [5.74, 6) is 3.83. The first-order valence-electron chi connectivity index (χ1n) is 10.7. The Labute approximate surface area is 213 Å². The van der Waals surface area contributed by atoms with Crippen molar-refractivity contribution < 1.29 is 9.47 Å². The molecule has 2 rings (SSSR count). The Hall–Kier alpha value is -1.69. The molecule has 1 aromatic carbocycles. The third-order valence-electron chi connectivity index (χ3n) is 4.61. The Bertz CT molecular complexity index is 844. The van der Waals surface area contributed by atoms with Crippen LogP contribution in [0.25, 0.3) is 0 Å². The molecule has 0 saturated carbocycles. The third kappa shape index (κ3) is 8.68. The monoisotopic (exact) mass is 576 g/mol. The van der Waals surface area contributed by atoms with E-state index in [0.29, 0.717) is 18.2 Å². The van der Waals surface area contributed by atoms with Crippen LogP contribution >= 0.6 is 35.7 Å². The molecule has 0 aliphatic heterocycles. The van der Waals surface area contributed by atoms with E-state index in [1.807, 2.05) is 24.5 Å². The van der Waals surface area contributed by atoms with E-state index in [4.69, 9.17) is 14.5 Å². The van der Waals surface area contributed by atoms with Gasteiger partial charge in [0.15, 0.2) is 22.6 Å². The minimum atomic E-state index is 0. The first-order valence-corrected chi connectivity index (χ1v) is 11.9. The SMILES string of the molecule is CCNC(=NCc1ccc(OC)c(OC)c1)NCCCc1nnc(SC)n1CC(C)C.I. The van der Waals surface area contributed by atoms with Crippen molar-refractivity contribution in [2.45, 2.75) is 51.9 Å². The van der Waals surface area contributed by atoms with Gasteiger partial charge in [0.1, 0.15) is 5.82 Å². The van der Waals surface area contributed by atoms with E-state index in [9.17, 15) is 0 Å². The summed E-state index contributed by atoms with van der Waals surface area (Å²) in [7, 11) is 3.27. The van der Waals surface area contributed by atoms with Crippen LogP contribution in [0.5, 0.6) is 11.5 Å². The highest BCUT2D eigenvalue weighted by Gasteiger charge is 2.12. The predicted octanol–water partition coefficient (Wildman–Crippen LogP) is 3.98. The van der Waals surface area contributed by atoms with E-state index in [-0.39, 0.29) is 24.0 Å². The molecular formula is C22H37IN6O2S. The number of aliphatic imine (C=N–C) groups is 1. The van der Waals surface area contributed by atoms with Crippen LogP contribution in [0, 0.1) is 5.92 Å². The molecule has 0 aliphatic rings. The van der Waals surface area contributed by atoms with Crippen molar-refractivity contribution in [1.82, 2.24) is 25.4 Å². The number of aromatic nitrogens is 3. The maximum absolute atomic E-state index is 5.38. The molecule has 32 heavy (non-hydrogen) atoms. The highest BCUT2D eigenvalue weighted by molar-refractivity contribution is 14.0. The first-order chi connectivity index (χ1) is 15.0. The largest absolute Gasteiger partial charge is 0.493 e. The Morgan fingerprint density at radius 2 is 1.91 bits per heavy atom. The van der Waals surface area contributed by atoms with Crippen molar-refractivity contribution in [3.8, 4) is 11.5 Å². The number of halogens is 1. The molecule has 2 N–H and O–H groups in total. The van der Waals surface area contributed by atoms with Crippen LogP contribution in [0.3, 0.4) is 0 Å². The molecule has 0 unspecified atom stereocenters. The Balaban J connectivity index is 0.00000512. The Kier molecular flexibility index (Phi) is 13.5. The number of nitrogens with one attached hydrogen (secondary N) is 2. The fraction of sp³-hybridized carbons (Fsp3) is 0.591. The van der Waals surface area contributed by atoms with Crippen molar-refractivity contribution >= 4 is 41.7 Å². The van der Waals surface area contributed by atoms with Gasteiger partial charge in [0.05, 0.1) is 20.8 Å². The fourth-order valence-corrected chi connectivity index (χ4v) is 3.67. The second kappa shape index (κ2) is 15.2. The summed E-state index contributed by atoms with van der Waals surface area (Å²) in [5.41, 5.74) is 1.06. The van der Waals surface area contributed by atoms with Crippen LogP contribution in [0.2, 0.25) is 0 Å². The number of rotatable bonds is 12. The maximum Gasteiger partial charge on any atom is 0.191 e. The summed E-state index contributed by atoms with van der Waals surface area (Å²) in [6.07, 6.45) is 3.87. The minimum absolute atomic E-state index is 0. The molecule has 10 heteroatoms. The summed E-state index contributed by atoms with van der Waals surface area (Å²) in [6, 6.07) is 5.86. The van der Waals surface area contributed by atoms with E-state index in [1.165, 1.54) is 0 Å². The standard InChI is InChI=1S/C22H36N6O2S.HI/c1-7-23-21(25-14-17-10-11-18(29-4)19(13-17)30-5)24-12-8-9-20-26-27-22(31-6)28(20)15-16(2)3;/h10-11,13,16H,7-9,12,14-15H2,1-6H3,(H2,23,24,25);1H. The number of benzene rings is 1. The van der Waals surface area contributed by atoms with Crippen LogP contribution in [-0.2, 0) is 19.5 Å². The molecule has 0 bridgehead atoms. The van der Waals surface area contributed by atoms with Crippen molar-refractivity contribution in [3.05, 3.63) is 29.6 Å². The molecule has 0 aliphatic carbocycles. The van der Waals surface area contributed by atoms with Gasteiger partial charge in [-0.2, -0.15) is 0 Å². The molecule has 2 aromatic rings. The first kappa shape index (κ1) is 28.3. The average Bonchev–Trinajstić information content (AvgIpc) is 3.15. The van der Waals surface area contributed by atoms with Gasteiger partial charge in [-0.1, -0.05) is 31.7 Å². The van der Waals surface area contributed by atoms with Gasteiger partial charge in [0, 0.05) is 26.1 Å². The normalized spacial score (nSPS) is 11.3. The minimum Gasteiger partial charge on any atom is -0.493 e. The lowest BCUT2D eigenvalue weighted by molar-refractivity contribution is 0.354. The number of guanidine groups is 1. The zero-order valence-corrected chi connectivity index (χ0v) is 23.1. The molecule has 1 aromatic heterocycles. The van der Waals surface area contributed by atoms with Gasteiger partial charge >= 0.3 is 0 Å². The van der Waals surface area contributed by atoms with Gasteiger partial charge in [-0.15, -0.1) is 34.2 Å². The summed E-state index contributed by atoms with van der Waals surface area (Å²) < 4.78 is 12.9. The topological polar surface area (TPSA) is 85.6 Å². The number of hydrogen-bond acceptors (Lipinski definition) is 6. The zero-order valence-electron chi connectivity index (χ0n) is 20.0. The van der Waals surface area contributed by atoms with E-state index < -0.39 is 0 Å². The predicted molar refractivity (Wildman–Crippen MR) is 143 cm³/mol. The lowest BCUT2D eigenvalue weighted by Crippen LogP contribution is -2.37. The van der Waals surface area contributed by atoms with E-state index in [1.54, 1.807) is 26.0 Å². The van der Waals surface area contributed by atoms with Crippen LogP contribution in [0.15, 0.2) is 28.3 Å². The molecule has 8 nitrogen and oxygen atoms in total. The van der Waals surface area contributed by atoms with Gasteiger partial charge < -0.3 is 24.7 Å². The van der Waals surface area contributed by atoms with Crippen LogP contribution in [0.1, 0.15) is 38.6 Å². The quantitative estimate of drug-likeness (QED) is 0.130. The molecule has 0 fully saturated rings. The summed E-state index contributed by atoms with van der Waals surface area (Å²) >= 11 is 1.65. The molecule has 0 radical (unpaired) electrons. The smallest absolute Gasteiger partial charge is 0.191 e. The van der Waals surface area contributed by atoms with Crippen molar-refractivity contribution in [2.75, 3.05) is 33.6 Å². The van der Waals surface area contributed by atoms with E-state index in [2.05, 4.69) is 46.2 Å². The lowest BCUT2D eigenvalue weighted by atomic mass is 10.2. The van der Waals surface area contributed by atoms with Gasteiger partial charge in [0.2, 0.25) is 0 Å². The zero-order chi connectivity index (χ0) is 22.6. The number of ether oxygens (including phenoxy) is 2. The van der Waals surface area contributed by atoms with Crippen LogP contribution in [-0.4, -0.2) is 54.3 Å². The molecule has 0 amide bonds. The highest BCUT2D eigenvalue weighted by atomic mass is 127. The highest BCUT2D eigenvalue weighted by Crippen LogP contribution is 2.27. The molecule has 0 spiro atoms. The third-order valence-corrected chi connectivity index (χ3v) is 5.27. The van der Waals surface area contributed by atoms with Crippen molar-refractivity contribution in [2.24, 2.45) is 10.9 Å². The second-order valence-corrected chi connectivity index (χ2v) is 8.30. The Morgan fingerprint density at radius 3 is 2.53 bits per heavy atom. The van der Waals surface area contributed by atoms with E-state index in [0.717, 1.165) is 60.7 Å². The maximum atomic E-state index is 5.38. The summed E-state index contributed by atoms with van der Waals surface area (Å²) in [5, 5.41) is 16.4. The fourth-order valence-electron chi connectivity index (χ4n) is 3.15. The molecule has 180 valence electrons. The number of methoxy groups -OCH3 is 2. The molecule has 0 saturated heterocycles. The van der Waals surface area contributed by atoms with Gasteiger partial charge in [-0.3, -0.25) is 0 Å². The molecule has 1 heterocycles. The summed E-state index contributed by atoms with van der Waals surface area (Å²) in [6.45, 7) is 9.60.